The van der Waals surface area contributed by atoms with Crippen LogP contribution in [0.15, 0.2) is 22.7 Å². The van der Waals surface area contributed by atoms with Crippen LogP contribution in [-0.2, 0) is 4.79 Å². The highest BCUT2D eigenvalue weighted by molar-refractivity contribution is 9.10. The molecule has 0 unspecified atom stereocenters. The van der Waals surface area contributed by atoms with Crippen LogP contribution in [0.1, 0.15) is 20.8 Å². The van der Waals surface area contributed by atoms with Gasteiger partial charge in [-0.2, -0.15) is 0 Å². The normalized spacial score (nSPS) is 12.6. The van der Waals surface area contributed by atoms with Gasteiger partial charge in [-0.1, -0.05) is 36.7 Å². The van der Waals surface area contributed by atoms with Crippen molar-refractivity contribution in [3.05, 3.63) is 28.5 Å². The molecule has 0 aliphatic heterocycles. The molecule has 0 aromatic heterocycles. The molecule has 3 nitrogen and oxygen atoms in total. The monoisotopic (exact) mass is 338 g/mol. The van der Waals surface area contributed by atoms with Gasteiger partial charge in [0.15, 0.2) is 0 Å². The summed E-state index contributed by atoms with van der Waals surface area (Å²) in [5.41, 5.74) is 5.55. The molecule has 0 saturated carbocycles. The van der Waals surface area contributed by atoms with E-state index in [0.717, 1.165) is 0 Å². The highest BCUT2D eigenvalue weighted by atomic mass is 79.9. The SMILES string of the molecule is CC(C)(C)[C@H](N)C(=O)Nc1ccc(Br)cc1F.Cl. The second-order valence-corrected chi connectivity index (χ2v) is 5.87. The summed E-state index contributed by atoms with van der Waals surface area (Å²) >= 11 is 3.15. The number of nitrogens with one attached hydrogen (secondary N) is 1. The minimum atomic E-state index is -0.689. The number of carbonyl (C=O) groups excluding carboxylic acids is 1. The molecule has 0 radical (unpaired) electrons. The molecule has 0 aliphatic rings. The summed E-state index contributed by atoms with van der Waals surface area (Å²) in [7, 11) is 0. The van der Waals surface area contributed by atoms with Crippen molar-refractivity contribution >= 4 is 39.9 Å². The van der Waals surface area contributed by atoms with E-state index in [0.29, 0.717) is 4.47 Å². The van der Waals surface area contributed by atoms with Gasteiger partial charge in [0.2, 0.25) is 5.91 Å². The molecule has 1 aromatic rings. The third kappa shape index (κ3) is 4.55. The molecule has 18 heavy (non-hydrogen) atoms. The smallest absolute Gasteiger partial charge is 0.241 e. The Hall–Kier alpha value is -0.650. The summed E-state index contributed by atoms with van der Waals surface area (Å²) in [5, 5.41) is 2.48. The first-order valence-electron chi connectivity index (χ1n) is 5.23. The van der Waals surface area contributed by atoms with Gasteiger partial charge in [-0.05, 0) is 23.6 Å². The van der Waals surface area contributed by atoms with Crippen LogP contribution < -0.4 is 11.1 Å². The predicted molar refractivity (Wildman–Crippen MR) is 77.4 cm³/mol. The number of benzene rings is 1. The molecular formula is C12H17BrClFN2O. The molecule has 1 rings (SSSR count). The lowest BCUT2D eigenvalue weighted by molar-refractivity contribution is -0.119. The van der Waals surface area contributed by atoms with Crippen molar-refractivity contribution in [2.24, 2.45) is 11.1 Å². The number of halogens is 3. The van der Waals surface area contributed by atoms with Crippen molar-refractivity contribution in [3.8, 4) is 0 Å². The van der Waals surface area contributed by atoms with Crippen molar-refractivity contribution in [1.82, 2.24) is 0 Å². The van der Waals surface area contributed by atoms with E-state index in [1.54, 1.807) is 6.07 Å². The minimum absolute atomic E-state index is 0. The van der Waals surface area contributed by atoms with Crippen LogP contribution in [0.2, 0.25) is 0 Å². The fraction of sp³-hybridized carbons (Fsp3) is 0.417. The van der Waals surface area contributed by atoms with E-state index in [9.17, 15) is 9.18 Å². The summed E-state index contributed by atoms with van der Waals surface area (Å²) < 4.78 is 14.1. The number of anilines is 1. The fourth-order valence-corrected chi connectivity index (χ4v) is 1.53. The molecule has 0 aliphatic carbocycles. The Balaban J connectivity index is 0.00000289. The van der Waals surface area contributed by atoms with Crippen LogP contribution in [-0.4, -0.2) is 11.9 Å². The van der Waals surface area contributed by atoms with Crippen molar-refractivity contribution in [1.29, 1.82) is 0 Å². The Labute approximate surface area is 121 Å². The van der Waals surface area contributed by atoms with E-state index in [2.05, 4.69) is 21.2 Å². The molecule has 1 amide bonds. The summed E-state index contributed by atoms with van der Waals surface area (Å²) in [6, 6.07) is 3.75. The maximum absolute atomic E-state index is 13.5. The first-order chi connectivity index (χ1) is 7.71. The Kier molecular flexibility index (Phi) is 6.26. The number of nitrogens with two attached hydrogens (primary N) is 1. The Bertz CT molecular complexity index is 435. The molecule has 0 fully saturated rings. The average molecular weight is 340 g/mol. The van der Waals surface area contributed by atoms with E-state index in [-0.39, 0.29) is 23.5 Å². The first-order valence-corrected chi connectivity index (χ1v) is 6.02. The molecular weight excluding hydrogens is 322 g/mol. The number of amides is 1. The lowest BCUT2D eigenvalue weighted by atomic mass is 9.87. The van der Waals surface area contributed by atoms with Gasteiger partial charge in [-0.15, -0.1) is 12.4 Å². The molecule has 1 atom stereocenters. The zero-order chi connectivity index (χ0) is 13.2. The Morgan fingerprint density at radius 2 is 2.00 bits per heavy atom. The van der Waals surface area contributed by atoms with E-state index in [4.69, 9.17) is 5.73 Å². The van der Waals surface area contributed by atoms with Gasteiger partial charge in [0, 0.05) is 4.47 Å². The summed E-state index contributed by atoms with van der Waals surface area (Å²) in [6.45, 7) is 5.57. The third-order valence-corrected chi connectivity index (χ3v) is 2.90. The second kappa shape index (κ2) is 6.50. The van der Waals surface area contributed by atoms with Gasteiger partial charge in [0.25, 0.3) is 0 Å². The van der Waals surface area contributed by atoms with Crippen molar-refractivity contribution < 1.29 is 9.18 Å². The number of hydrogen-bond donors (Lipinski definition) is 2. The van der Waals surface area contributed by atoms with Crippen LogP contribution in [0.25, 0.3) is 0 Å². The minimum Gasteiger partial charge on any atom is -0.322 e. The zero-order valence-electron chi connectivity index (χ0n) is 10.5. The van der Waals surface area contributed by atoms with Crippen LogP contribution in [0.5, 0.6) is 0 Å². The van der Waals surface area contributed by atoms with E-state index in [1.807, 2.05) is 20.8 Å². The standard InChI is InChI=1S/C12H16BrFN2O.ClH/c1-12(2,3)10(15)11(17)16-9-5-4-7(13)6-8(9)14;/h4-6,10H,15H2,1-3H3,(H,16,17);1H/t10-;/m1./s1. The average Bonchev–Trinajstić information content (AvgIpc) is 2.19. The van der Waals surface area contributed by atoms with Gasteiger partial charge >= 0.3 is 0 Å². The van der Waals surface area contributed by atoms with Crippen molar-refractivity contribution in [2.45, 2.75) is 26.8 Å². The molecule has 1 aromatic carbocycles. The maximum atomic E-state index is 13.5. The molecule has 0 saturated heterocycles. The van der Waals surface area contributed by atoms with Crippen molar-refractivity contribution in [3.63, 3.8) is 0 Å². The lowest BCUT2D eigenvalue weighted by Gasteiger charge is -2.25. The molecule has 0 bridgehead atoms. The highest BCUT2D eigenvalue weighted by Gasteiger charge is 2.27. The second-order valence-electron chi connectivity index (χ2n) is 4.96. The number of carbonyl (C=O) groups is 1. The quantitative estimate of drug-likeness (QED) is 0.868. The van der Waals surface area contributed by atoms with E-state index < -0.39 is 17.8 Å². The Morgan fingerprint density at radius 3 is 2.44 bits per heavy atom. The summed E-state index contributed by atoms with van der Waals surface area (Å²) in [4.78, 5) is 11.8. The van der Waals surface area contributed by atoms with Crippen LogP contribution in [0.3, 0.4) is 0 Å². The number of rotatable bonds is 2. The Morgan fingerprint density at radius 1 is 1.44 bits per heavy atom. The van der Waals surface area contributed by atoms with Gasteiger partial charge in [0.05, 0.1) is 11.7 Å². The zero-order valence-corrected chi connectivity index (χ0v) is 12.9. The van der Waals surface area contributed by atoms with Crippen LogP contribution in [0, 0.1) is 11.2 Å². The van der Waals surface area contributed by atoms with Gasteiger partial charge in [-0.25, -0.2) is 4.39 Å². The van der Waals surface area contributed by atoms with E-state index >= 15 is 0 Å². The van der Waals surface area contributed by atoms with Crippen molar-refractivity contribution in [2.75, 3.05) is 5.32 Å². The van der Waals surface area contributed by atoms with Crippen LogP contribution in [0.4, 0.5) is 10.1 Å². The summed E-state index contributed by atoms with van der Waals surface area (Å²) in [6.07, 6.45) is 0. The molecule has 0 spiro atoms. The fourth-order valence-electron chi connectivity index (χ4n) is 1.19. The highest BCUT2D eigenvalue weighted by Crippen LogP contribution is 2.22. The van der Waals surface area contributed by atoms with Gasteiger partial charge < -0.3 is 11.1 Å². The maximum Gasteiger partial charge on any atom is 0.241 e. The van der Waals surface area contributed by atoms with Gasteiger partial charge in [0.1, 0.15) is 5.82 Å². The largest absolute Gasteiger partial charge is 0.322 e. The third-order valence-electron chi connectivity index (χ3n) is 2.40. The first kappa shape index (κ1) is 17.4. The molecule has 102 valence electrons. The predicted octanol–water partition coefficient (Wildman–Crippen LogP) is 3.32. The molecule has 6 heteroatoms. The molecule has 3 N–H and O–H groups in total. The molecule has 0 heterocycles. The summed E-state index contributed by atoms with van der Waals surface area (Å²) in [5.74, 6) is -0.882. The van der Waals surface area contributed by atoms with E-state index in [1.165, 1.54) is 12.1 Å². The lowest BCUT2D eigenvalue weighted by Crippen LogP contribution is -2.45. The number of hydrogen-bond acceptors (Lipinski definition) is 2. The topological polar surface area (TPSA) is 55.1 Å². The van der Waals surface area contributed by atoms with Gasteiger partial charge in [-0.3, -0.25) is 4.79 Å². The van der Waals surface area contributed by atoms with Crippen LogP contribution >= 0.6 is 28.3 Å².